The standard InChI is InChI=1S/C10H12ClN3/c1-7-6-8(2-3-9(7)11)14-10-12-4-5-13-10/h2-3,6H,4-5H2,1H3,(H2,12,13,14). The molecule has 1 aliphatic rings. The van der Waals surface area contributed by atoms with E-state index in [1.165, 1.54) is 0 Å². The lowest BCUT2D eigenvalue weighted by atomic mass is 10.2. The van der Waals surface area contributed by atoms with Gasteiger partial charge in [0.25, 0.3) is 0 Å². The fourth-order valence-electron chi connectivity index (χ4n) is 1.34. The van der Waals surface area contributed by atoms with Crippen LogP contribution in [0.3, 0.4) is 0 Å². The Bertz CT molecular complexity index is 374. The molecule has 1 aromatic carbocycles. The van der Waals surface area contributed by atoms with E-state index in [1.807, 2.05) is 25.1 Å². The summed E-state index contributed by atoms with van der Waals surface area (Å²) in [5.41, 5.74) is 2.08. The van der Waals surface area contributed by atoms with Crippen molar-refractivity contribution in [2.24, 2.45) is 4.99 Å². The van der Waals surface area contributed by atoms with Gasteiger partial charge in [0.1, 0.15) is 0 Å². The molecule has 4 heteroatoms. The van der Waals surface area contributed by atoms with Gasteiger partial charge in [0.05, 0.1) is 6.54 Å². The van der Waals surface area contributed by atoms with Crippen molar-refractivity contribution in [1.82, 2.24) is 5.32 Å². The maximum absolute atomic E-state index is 5.92. The van der Waals surface area contributed by atoms with Gasteiger partial charge in [0.2, 0.25) is 0 Å². The van der Waals surface area contributed by atoms with Gasteiger partial charge < -0.3 is 10.6 Å². The molecular formula is C10H12ClN3. The first-order chi connectivity index (χ1) is 6.75. The Morgan fingerprint density at radius 1 is 1.50 bits per heavy atom. The SMILES string of the molecule is Cc1cc(NC2=NCCN2)ccc1Cl. The third-order valence-electron chi connectivity index (χ3n) is 2.09. The number of hydrogen-bond acceptors (Lipinski definition) is 3. The first-order valence-electron chi connectivity index (χ1n) is 4.57. The van der Waals surface area contributed by atoms with E-state index in [4.69, 9.17) is 11.6 Å². The van der Waals surface area contributed by atoms with Gasteiger partial charge >= 0.3 is 0 Å². The van der Waals surface area contributed by atoms with Crippen LogP contribution < -0.4 is 10.6 Å². The van der Waals surface area contributed by atoms with E-state index in [1.54, 1.807) is 0 Å². The van der Waals surface area contributed by atoms with Crippen LogP contribution in [0.15, 0.2) is 23.2 Å². The lowest BCUT2D eigenvalue weighted by Gasteiger charge is -2.07. The van der Waals surface area contributed by atoms with Gasteiger partial charge in [-0.3, -0.25) is 4.99 Å². The summed E-state index contributed by atoms with van der Waals surface area (Å²) in [6, 6.07) is 5.83. The summed E-state index contributed by atoms with van der Waals surface area (Å²) in [6.45, 7) is 3.74. The third kappa shape index (κ3) is 1.99. The number of aryl methyl sites for hydroxylation is 1. The van der Waals surface area contributed by atoms with E-state index in [-0.39, 0.29) is 0 Å². The van der Waals surface area contributed by atoms with Gasteiger partial charge in [-0.25, -0.2) is 0 Å². The highest BCUT2D eigenvalue weighted by Crippen LogP contribution is 2.19. The molecule has 3 nitrogen and oxygen atoms in total. The summed E-state index contributed by atoms with van der Waals surface area (Å²) < 4.78 is 0. The maximum atomic E-state index is 5.92. The van der Waals surface area contributed by atoms with Crippen LogP contribution >= 0.6 is 11.6 Å². The van der Waals surface area contributed by atoms with E-state index < -0.39 is 0 Å². The Morgan fingerprint density at radius 2 is 2.36 bits per heavy atom. The number of nitrogens with zero attached hydrogens (tertiary/aromatic N) is 1. The quantitative estimate of drug-likeness (QED) is 0.743. The van der Waals surface area contributed by atoms with Gasteiger partial charge in [0.15, 0.2) is 5.96 Å². The summed E-state index contributed by atoms with van der Waals surface area (Å²) in [5, 5.41) is 7.12. The fraction of sp³-hybridized carbons (Fsp3) is 0.300. The first-order valence-corrected chi connectivity index (χ1v) is 4.95. The molecule has 0 fully saturated rings. The molecule has 0 aliphatic carbocycles. The van der Waals surface area contributed by atoms with Gasteiger partial charge in [-0.2, -0.15) is 0 Å². The van der Waals surface area contributed by atoms with E-state index in [9.17, 15) is 0 Å². The van der Waals surface area contributed by atoms with Crippen LogP contribution in [-0.2, 0) is 0 Å². The second-order valence-electron chi connectivity index (χ2n) is 3.25. The van der Waals surface area contributed by atoms with Gasteiger partial charge in [0, 0.05) is 17.3 Å². The molecule has 2 rings (SSSR count). The second kappa shape index (κ2) is 3.88. The highest BCUT2D eigenvalue weighted by molar-refractivity contribution is 6.31. The molecule has 14 heavy (non-hydrogen) atoms. The van der Waals surface area contributed by atoms with Crippen LogP contribution in [0.4, 0.5) is 5.69 Å². The summed E-state index contributed by atoms with van der Waals surface area (Å²) in [7, 11) is 0. The number of halogens is 1. The molecule has 0 radical (unpaired) electrons. The zero-order chi connectivity index (χ0) is 9.97. The lowest BCUT2D eigenvalue weighted by Crippen LogP contribution is -2.26. The second-order valence-corrected chi connectivity index (χ2v) is 3.65. The largest absolute Gasteiger partial charge is 0.354 e. The fourth-order valence-corrected chi connectivity index (χ4v) is 1.46. The summed E-state index contributed by atoms with van der Waals surface area (Å²) in [5.74, 6) is 0.840. The zero-order valence-corrected chi connectivity index (χ0v) is 8.73. The average Bonchev–Trinajstić information content (AvgIpc) is 2.64. The van der Waals surface area contributed by atoms with Gasteiger partial charge in [-0.1, -0.05) is 11.6 Å². The van der Waals surface area contributed by atoms with Crippen LogP contribution in [0.2, 0.25) is 5.02 Å². The van der Waals surface area contributed by atoms with Crippen molar-refractivity contribution < 1.29 is 0 Å². The number of anilines is 1. The van der Waals surface area contributed by atoms with Gasteiger partial charge in [-0.05, 0) is 30.7 Å². The Morgan fingerprint density at radius 3 is 3.00 bits per heavy atom. The van der Waals surface area contributed by atoms with Crippen molar-refractivity contribution in [3.05, 3.63) is 28.8 Å². The Kier molecular flexibility index (Phi) is 2.59. The highest BCUT2D eigenvalue weighted by atomic mass is 35.5. The van der Waals surface area contributed by atoms with E-state index in [2.05, 4.69) is 15.6 Å². The molecule has 1 aromatic rings. The number of hydrogen-bond donors (Lipinski definition) is 2. The van der Waals surface area contributed by atoms with Crippen LogP contribution in [-0.4, -0.2) is 19.0 Å². The number of nitrogens with one attached hydrogen (secondary N) is 2. The third-order valence-corrected chi connectivity index (χ3v) is 2.52. The summed E-state index contributed by atoms with van der Waals surface area (Å²) in [6.07, 6.45) is 0. The maximum Gasteiger partial charge on any atom is 0.195 e. The number of rotatable bonds is 1. The molecule has 0 amide bonds. The molecule has 0 aromatic heterocycles. The Balaban J connectivity index is 2.13. The molecule has 1 aliphatic heterocycles. The molecule has 0 atom stereocenters. The van der Waals surface area contributed by atoms with Crippen LogP contribution in [0.25, 0.3) is 0 Å². The molecule has 0 saturated carbocycles. The number of benzene rings is 1. The van der Waals surface area contributed by atoms with Crippen molar-refractivity contribution in [3.63, 3.8) is 0 Å². The normalized spacial score (nSPS) is 14.9. The molecule has 0 bridgehead atoms. The van der Waals surface area contributed by atoms with Crippen LogP contribution in [0, 0.1) is 6.92 Å². The van der Waals surface area contributed by atoms with Crippen molar-refractivity contribution in [1.29, 1.82) is 0 Å². The Hall–Kier alpha value is -1.22. The highest BCUT2D eigenvalue weighted by Gasteiger charge is 2.05. The van der Waals surface area contributed by atoms with E-state index in [0.717, 1.165) is 35.3 Å². The minimum Gasteiger partial charge on any atom is -0.354 e. The molecule has 0 spiro atoms. The van der Waals surface area contributed by atoms with Crippen molar-refractivity contribution in [2.45, 2.75) is 6.92 Å². The molecule has 0 unspecified atom stereocenters. The van der Waals surface area contributed by atoms with Crippen LogP contribution in [0.5, 0.6) is 0 Å². The molecule has 74 valence electrons. The van der Waals surface area contributed by atoms with E-state index >= 15 is 0 Å². The minimum absolute atomic E-state index is 0.789. The summed E-state index contributed by atoms with van der Waals surface area (Å²) >= 11 is 5.92. The van der Waals surface area contributed by atoms with Crippen molar-refractivity contribution in [3.8, 4) is 0 Å². The molecule has 2 N–H and O–H groups in total. The first kappa shape index (κ1) is 9.34. The minimum atomic E-state index is 0.789. The topological polar surface area (TPSA) is 36.4 Å². The number of guanidine groups is 1. The average molecular weight is 210 g/mol. The Labute approximate surface area is 88.2 Å². The monoisotopic (exact) mass is 209 g/mol. The van der Waals surface area contributed by atoms with Gasteiger partial charge in [-0.15, -0.1) is 0 Å². The molecular weight excluding hydrogens is 198 g/mol. The van der Waals surface area contributed by atoms with Crippen molar-refractivity contribution >= 4 is 23.2 Å². The predicted molar refractivity (Wildman–Crippen MR) is 60.1 cm³/mol. The summed E-state index contributed by atoms with van der Waals surface area (Å²) in [4.78, 5) is 4.24. The number of aliphatic imine (C=N–C) groups is 1. The smallest absolute Gasteiger partial charge is 0.195 e. The lowest BCUT2D eigenvalue weighted by molar-refractivity contribution is 0.959. The predicted octanol–water partition coefficient (Wildman–Crippen LogP) is 2.02. The molecule has 1 heterocycles. The zero-order valence-electron chi connectivity index (χ0n) is 7.97. The van der Waals surface area contributed by atoms with Crippen LogP contribution in [0.1, 0.15) is 5.56 Å². The van der Waals surface area contributed by atoms with Crippen molar-refractivity contribution in [2.75, 3.05) is 18.4 Å². The van der Waals surface area contributed by atoms with E-state index in [0.29, 0.717) is 0 Å². The molecule has 0 saturated heterocycles.